The zero-order valence-electron chi connectivity index (χ0n) is 16.6. The number of methoxy groups -OCH3 is 2. The monoisotopic (exact) mass is 397 g/mol. The second-order valence-electron chi connectivity index (χ2n) is 6.18. The largest absolute Gasteiger partial charge is 0.497 e. The van der Waals surface area contributed by atoms with Gasteiger partial charge in [-0.3, -0.25) is 4.79 Å². The van der Waals surface area contributed by atoms with Crippen molar-refractivity contribution in [3.05, 3.63) is 48.4 Å². The van der Waals surface area contributed by atoms with Crippen molar-refractivity contribution in [2.75, 3.05) is 26.1 Å². The predicted octanol–water partition coefficient (Wildman–Crippen LogP) is 3.72. The Kier molecular flexibility index (Phi) is 6.67. The summed E-state index contributed by atoms with van der Waals surface area (Å²) in [4.78, 5) is 12.2. The fourth-order valence-corrected chi connectivity index (χ4v) is 2.62. The number of aromatic nitrogens is 2. The Labute approximate surface area is 168 Å². The zero-order chi connectivity index (χ0) is 20.6. The Bertz CT molecular complexity index is 953. The molecule has 152 valence electrons. The van der Waals surface area contributed by atoms with Crippen LogP contribution in [0.3, 0.4) is 0 Å². The summed E-state index contributed by atoms with van der Waals surface area (Å²) in [6.07, 6.45) is 1.70. The molecule has 0 saturated carbocycles. The molecule has 0 spiro atoms. The zero-order valence-corrected chi connectivity index (χ0v) is 16.6. The van der Waals surface area contributed by atoms with Crippen LogP contribution in [0.25, 0.3) is 11.5 Å². The van der Waals surface area contributed by atoms with Gasteiger partial charge >= 0.3 is 0 Å². The fraction of sp³-hybridized carbons (Fsp3) is 0.286. The minimum Gasteiger partial charge on any atom is -0.497 e. The minimum atomic E-state index is -0.307. The van der Waals surface area contributed by atoms with Crippen molar-refractivity contribution in [2.24, 2.45) is 0 Å². The lowest BCUT2D eigenvalue weighted by Gasteiger charge is -2.12. The summed E-state index contributed by atoms with van der Waals surface area (Å²) in [6, 6.07) is 12.3. The summed E-state index contributed by atoms with van der Waals surface area (Å²) in [7, 11) is 3.09. The summed E-state index contributed by atoms with van der Waals surface area (Å²) in [5.74, 6) is 2.47. The standard InChI is InChI=1S/C21H23N3O5/c1-4-5-20-23-24-21(29-20)14-6-8-15(9-7-14)28-13-19(25)22-17-11-10-16(26-2)12-18(17)27-3/h6-12H,4-5,13H2,1-3H3,(H,22,25). The van der Waals surface area contributed by atoms with Crippen LogP contribution in [-0.4, -0.2) is 36.9 Å². The van der Waals surface area contributed by atoms with Gasteiger partial charge in [0.2, 0.25) is 11.8 Å². The normalized spacial score (nSPS) is 10.4. The summed E-state index contributed by atoms with van der Waals surface area (Å²) < 4.78 is 21.6. The molecule has 8 nitrogen and oxygen atoms in total. The van der Waals surface area contributed by atoms with E-state index >= 15 is 0 Å². The molecule has 0 aliphatic rings. The lowest BCUT2D eigenvalue weighted by molar-refractivity contribution is -0.118. The summed E-state index contributed by atoms with van der Waals surface area (Å²) in [5.41, 5.74) is 1.33. The third kappa shape index (κ3) is 5.25. The Morgan fingerprint density at radius 2 is 1.79 bits per heavy atom. The van der Waals surface area contributed by atoms with E-state index in [1.54, 1.807) is 37.4 Å². The number of hydrogen-bond donors (Lipinski definition) is 1. The molecule has 0 fully saturated rings. The highest BCUT2D eigenvalue weighted by molar-refractivity contribution is 5.93. The molecule has 1 amide bonds. The molecule has 0 saturated heterocycles. The molecule has 0 aliphatic carbocycles. The van der Waals surface area contributed by atoms with Crippen LogP contribution in [0.1, 0.15) is 19.2 Å². The second kappa shape index (κ2) is 9.59. The van der Waals surface area contributed by atoms with Crippen LogP contribution in [0, 0.1) is 0 Å². The van der Waals surface area contributed by atoms with E-state index in [0.717, 1.165) is 18.4 Å². The molecular weight excluding hydrogens is 374 g/mol. The van der Waals surface area contributed by atoms with Gasteiger partial charge in [0, 0.05) is 18.1 Å². The maximum atomic E-state index is 12.2. The van der Waals surface area contributed by atoms with Crippen LogP contribution in [0.15, 0.2) is 46.9 Å². The van der Waals surface area contributed by atoms with E-state index < -0.39 is 0 Å². The Morgan fingerprint density at radius 3 is 2.48 bits per heavy atom. The SMILES string of the molecule is CCCc1nnc(-c2ccc(OCC(=O)Nc3ccc(OC)cc3OC)cc2)o1. The highest BCUT2D eigenvalue weighted by Crippen LogP contribution is 2.29. The number of nitrogens with one attached hydrogen (secondary N) is 1. The fourth-order valence-electron chi connectivity index (χ4n) is 2.62. The number of benzene rings is 2. The topological polar surface area (TPSA) is 95.7 Å². The highest BCUT2D eigenvalue weighted by atomic mass is 16.5. The van der Waals surface area contributed by atoms with E-state index in [-0.39, 0.29) is 12.5 Å². The van der Waals surface area contributed by atoms with E-state index in [4.69, 9.17) is 18.6 Å². The quantitative estimate of drug-likeness (QED) is 0.588. The first kappa shape index (κ1) is 20.2. The molecule has 1 N–H and O–H groups in total. The van der Waals surface area contributed by atoms with Crippen LogP contribution < -0.4 is 19.5 Å². The molecule has 0 atom stereocenters. The van der Waals surface area contributed by atoms with Crippen LogP contribution in [-0.2, 0) is 11.2 Å². The molecule has 0 bridgehead atoms. The van der Waals surface area contributed by atoms with Gasteiger partial charge in [-0.15, -0.1) is 10.2 Å². The van der Waals surface area contributed by atoms with E-state index in [1.165, 1.54) is 7.11 Å². The smallest absolute Gasteiger partial charge is 0.262 e. The summed E-state index contributed by atoms with van der Waals surface area (Å²) >= 11 is 0. The molecule has 2 aromatic carbocycles. The van der Waals surface area contributed by atoms with E-state index in [9.17, 15) is 4.79 Å². The third-order valence-electron chi connectivity index (χ3n) is 4.08. The van der Waals surface area contributed by atoms with Crippen molar-refractivity contribution in [3.8, 4) is 28.7 Å². The first-order valence-corrected chi connectivity index (χ1v) is 9.20. The highest BCUT2D eigenvalue weighted by Gasteiger charge is 2.11. The maximum absolute atomic E-state index is 12.2. The molecule has 0 radical (unpaired) electrons. The predicted molar refractivity (Wildman–Crippen MR) is 107 cm³/mol. The van der Waals surface area contributed by atoms with Gasteiger partial charge < -0.3 is 23.9 Å². The van der Waals surface area contributed by atoms with E-state index in [1.807, 2.05) is 12.1 Å². The molecule has 1 heterocycles. The minimum absolute atomic E-state index is 0.143. The van der Waals surface area contributed by atoms with Crippen molar-refractivity contribution >= 4 is 11.6 Å². The summed E-state index contributed by atoms with van der Waals surface area (Å²) in [6.45, 7) is 1.91. The first-order valence-electron chi connectivity index (χ1n) is 9.20. The van der Waals surface area contributed by atoms with E-state index in [0.29, 0.717) is 34.7 Å². The van der Waals surface area contributed by atoms with Gasteiger partial charge in [0.25, 0.3) is 5.91 Å². The van der Waals surface area contributed by atoms with Crippen LogP contribution in [0.5, 0.6) is 17.2 Å². The number of carbonyl (C=O) groups is 1. The van der Waals surface area contributed by atoms with Crippen LogP contribution in [0.4, 0.5) is 5.69 Å². The molecule has 29 heavy (non-hydrogen) atoms. The Balaban J connectivity index is 1.56. The van der Waals surface area contributed by atoms with Crippen LogP contribution in [0.2, 0.25) is 0 Å². The Morgan fingerprint density at radius 1 is 1.03 bits per heavy atom. The van der Waals surface area contributed by atoms with Gasteiger partial charge in [-0.05, 0) is 42.8 Å². The van der Waals surface area contributed by atoms with Crippen molar-refractivity contribution in [2.45, 2.75) is 19.8 Å². The number of anilines is 1. The lowest BCUT2D eigenvalue weighted by Crippen LogP contribution is -2.20. The molecule has 0 unspecified atom stereocenters. The lowest BCUT2D eigenvalue weighted by atomic mass is 10.2. The number of carbonyl (C=O) groups excluding carboxylic acids is 1. The maximum Gasteiger partial charge on any atom is 0.262 e. The molecule has 8 heteroatoms. The number of rotatable bonds is 9. The van der Waals surface area contributed by atoms with Gasteiger partial charge in [-0.25, -0.2) is 0 Å². The average molecular weight is 397 g/mol. The van der Waals surface area contributed by atoms with Crippen molar-refractivity contribution in [1.82, 2.24) is 10.2 Å². The van der Waals surface area contributed by atoms with E-state index in [2.05, 4.69) is 22.4 Å². The van der Waals surface area contributed by atoms with Gasteiger partial charge in [-0.1, -0.05) is 6.92 Å². The Hall–Kier alpha value is -3.55. The van der Waals surface area contributed by atoms with Crippen molar-refractivity contribution < 1.29 is 23.4 Å². The average Bonchev–Trinajstić information content (AvgIpc) is 3.22. The third-order valence-corrected chi connectivity index (χ3v) is 4.08. The first-order chi connectivity index (χ1) is 14.1. The molecule has 3 rings (SSSR count). The van der Waals surface area contributed by atoms with Gasteiger partial charge in [-0.2, -0.15) is 0 Å². The van der Waals surface area contributed by atoms with Crippen molar-refractivity contribution in [3.63, 3.8) is 0 Å². The number of aryl methyl sites for hydroxylation is 1. The number of nitrogens with zero attached hydrogens (tertiary/aromatic N) is 2. The number of ether oxygens (including phenoxy) is 3. The van der Waals surface area contributed by atoms with Gasteiger partial charge in [0.1, 0.15) is 17.2 Å². The number of amides is 1. The molecule has 0 aliphatic heterocycles. The van der Waals surface area contributed by atoms with Crippen LogP contribution >= 0.6 is 0 Å². The van der Waals surface area contributed by atoms with Crippen molar-refractivity contribution in [1.29, 1.82) is 0 Å². The molecule has 3 aromatic rings. The molecular formula is C21H23N3O5. The summed E-state index contributed by atoms with van der Waals surface area (Å²) in [5, 5.41) is 10.8. The second-order valence-corrected chi connectivity index (χ2v) is 6.18. The van der Waals surface area contributed by atoms with Gasteiger partial charge in [0.15, 0.2) is 6.61 Å². The van der Waals surface area contributed by atoms with Gasteiger partial charge in [0.05, 0.1) is 19.9 Å². The molecule has 1 aromatic heterocycles. The number of hydrogen-bond acceptors (Lipinski definition) is 7.